The van der Waals surface area contributed by atoms with E-state index in [4.69, 9.17) is 11.6 Å². The number of carbonyl (C=O) groups excluding carboxylic acids is 3. The highest BCUT2D eigenvalue weighted by Crippen LogP contribution is 2.54. The quantitative estimate of drug-likeness (QED) is 0.391. The number of halogens is 1. The predicted molar refractivity (Wildman–Crippen MR) is 128 cm³/mol. The molecule has 0 radical (unpaired) electrons. The van der Waals surface area contributed by atoms with Crippen molar-refractivity contribution in [3.8, 4) is 0 Å². The second-order valence-electron chi connectivity index (χ2n) is 8.62. The maximum Gasteiger partial charge on any atom is 0.240 e. The fourth-order valence-corrected chi connectivity index (χ4v) is 6.35. The van der Waals surface area contributed by atoms with Crippen molar-refractivity contribution in [2.45, 2.75) is 19.0 Å². The Hall–Kier alpha value is -3.22. The smallest absolute Gasteiger partial charge is 0.240 e. The Kier molecular flexibility index (Phi) is 4.57. The van der Waals surface area contributed by atoms with Crippen molar-refractivity contribution in [3.05, 3.63) is 92.8 Å². The van der Waals surface area contributed by atoms with Gasteiger partial charge in [-0.1, -0.05) is 48.0 Å². The first-order valence-corrected chi connectivity index (χ1v) is 12.0. The second-order valence-corrected chi connectivity index (χ2v) is 10.0. The van der Waals surface area contributed by atoms with E-state index >= 15 is 0 Å². The Bertz CT molecular complexity index is 1350. The molecule has 4 heterocycles. The summed E-state index contributed by atoms with van der Waals surface area (Å²) in [5, 5.41) is 2.30. The topological polar surface area (TPSA) is 57.7 Å². The molecule has 3 aromatic rings. The molecule has 2 fully saturated rings. The molecule has 5 nitrogen and oxygen atoms in total. The molecule has 0 N–H and O–H groups in total. The summed E-state index contributed by atoms with van der Waals surface area (Å²) in [6.45, 7) is 1.85. The molecule has 1 aromatic heterocycles. The maximum absolute atomic E-state index is 13.9. The van der Waals surface area contributed by atoms with Crippen LogP contribution in [0.1, 0.15) is 32.4 Å². The zero-order valence-electron chi connectivity index (χ0n) is 17.6. The lowest BCUT2D eigenvalue weighted by molar-refractivity contribution is -0.123. The summed E-state index contributed by atoms with van der Waals surface area (Å²) in [5.74, 6) is -2.18. The third-order valence-electron chi connectivity index (χ3n) is 6.91. The molecule has 0 aliphatic carbocycles. The molecule has 0 saturated carbocycles. The van der Waals surface area contributed by atoms with Crippen LogP contribution in [0.2, 0.25) is 5.02 Å². The van der Waals surface area contributed by atoms with Gasteiger partial charge < -0.3 is 4.90 Å². The van der Waals surface area contributed by atoms with E-state index in [1.54, 1.807) is 24.3 Å². The van der Waals surface area contributed by atoms with Crippen LogP contribution < -0.4 is 4.90 Å². The Morgan fingerprint density at radius 3 is 2.58 bits per heavy atom. The van der Waals surface area contributed by atoms with Gasteiger partial charge in [0.2, 0.25) is 11.8 Å². The highest BCUT2D eigenvalue weighted by atomic mass is 35.5. The average molecular weight is 475 g/mol. The molecule has 164 valence electrons. The van der Waals surface area contributed by atoms with E-state index in [1.807, 2.05) is 59.8 Å². The number of rotatable bonds is 3. The Morgan fingerprint density at radius 2 is 1.79 bits per heavy atom. The molecule has 2 saturated heterocycles. The highest BCUT2D eigenvalue weighted by molar-refractivity contribution is 7.12. The van der Waals surface area contributed by atoms with Crippen LogP contribution in [0.5, 0.6) is 0 Å². The standard InChI is InChI=1S/C26H19ClN2O3S/c1-14-8-9-16(27)13-18(14)29-25(31)20-21(26(29)32)23(24(30)19-7-4-12-33-19)28-11-10-15-5-2-3-6-17(15)22(20)28/h2-13,20-23H,1H3/t20-,21+,22-,23+/m0/s1. The van der Waals surface area contributed by atoms with Gasteiger partial charge in [0.25, 0.3) is 0 Å². The minimum atomic E-state index is -0.772. The number of anilines is 1. The predicted octanol–water partition coefficient (Wildman–Crippen LogP) is 5.11. The number of benzene rings is 2. The summed E-state index contributed by atoms with van der Waals surface area (Å²) in [4.78, 5) is 45.2. The molecule has 0 unspecified atom stereocenters. The van der Waals surface area contributed by atoms with E-state index in [2.05, 4.69) is 0 Å². The first-order valence-electron chi connectivity index (χ1n) is 10.7. The third-order valence-corrected chi connectivity index (χ3v) is 8.03. The first kappa shape index (κ1) is 20.4. The summed E-state index contributed by atoms with van der Waals surface area (Å²) in [5.41, 5.74) is 3.23. The van der Waals surface area contributed by atoms with Gasteiger partial charge in [0.15, 0.2) is 5.78 Å². The van der Waals surface area contributed by atoms with Crippen LogP contribution >= 0.6 is 22.9 Å². The number of hydrogen-bond acceptors (Lipinski definition) is 5. The molecule has 0 spiro atoms. The maximum atomic E-state index is 13.9. The molecule has 3 aliphatic heterocycles. The van der Waals surface area contributed by atoms with Crippen LogP contribution in [0.25, 0.3) is 6.08 Å². The summed E-state index contributed by atoms with van der Waals surface area (Å²) in [6, 6.07) is 15.5. The van der Waals surface area contributed by atoms with Gasteiger partial charge in [-0.2, -0.15) is 0 Å². The number of aryl methyl sites for hydroxylation is 1. The van der Waals surface area contributed by atoms with Crippen molar-refractivity contribution in [1.82, 2.24) is 4.90 Å². The van der Waals surface area contributed by atoms with Gasteiger partial charge in [-0.25, -0.2) is 4.90 Å². The molecule has 33 heavy (non-hydrogen) atoms. The van der Waals surface area contributed by atoms with E-state index < -0.39 is 17.9 Å². The zero-order chi connectivity index (χ0) is 22.9. The van der Waals surface area contributed by atoms with Crippen molar-refractivity contribution in [2.24, 2.45) is 11.8 Å². The lowest BCUT2D eigenvalue weighted by atomic mass is 9.84. The molecule has 4 atom stereocenters. The minimum Gasteiger partial charge on any atom is -0.358 e. The third kappa shape index (κ3) is 2.87. The van der Waals surface area contributed by atoms with Crippen LogP contribution in [0, 0.1) is 18.8 Å². The van der Waals surface area contributed by atoms with Crippen molar-refractivity contribution >= 4 is 52.3 Å². The summed E-state index contributed by atoms with van der Waals surface area (Å²) < 4.78 is 0. The lowest BCUT2D eigenvalue weighted by Gasteiger charge is -2.35. The molecular formula is C26H19ClN2O3S. The van der Waals surface area contributed by atoms with E-state index in [1.165, 1.54) is 16.2 Å². The summed E-state index contributed by atoms with van der Waals surface area (Å²) >= 11 is 7.57. The van der Waals surface area contributed by atoms with Gasteiger partial charge >= 0.3 is 0 Å². The fourth-order valence-electron chi connectivity index (χ4n) is 5.48. The number of fused-ring (bicyclic) bond motifs is 5. The number of carbonyl (C=O) groups is 3. The first-order chi connectivity index (χ1) is 16.0. The number of amides is 2. The number of Topliss-reactive ketones (excluding diaryl/α,β-unsaturated/α-hetero) is 1. The molecule has 6 rings (SSSR count). The Balaban J connectivity index is 1.52. The van der Waals surface area contributed by atoms with Gasteiger partial charge in [-0.3, -0.25) is 14.4 Å². The van der Waals surface area contributed by atoms with Crippen LogP contribution in [-0.2, 0) is 9.59 Å². The average Bonchev–Trinajstić information content (AvgIpc) is 3.52. The number of ketones is 1. The van der Waals surface area contributed by atoms with Gasteiger partial charge in [0.05, 0.1) is 28.4 Å². The number of hydrogen-bond donors (Lipinski definition) is 0. The Morgan fingerprint density at radius 1 is 1.00 bits per heavy atom. The minimum absolute atomic E-state index is 0.127. The fraction of sp³-hybridized carbons (Fsp3) is 0.192. The highest BCUT2D eigenvalue weighted by Gasteiger charge is 2.64. The van der Waals surface area contributed by atoms with Gasteiger partial charge in [-0.15, -0.1) is 11.3 Å². The molecule has 2 aromatic carbocycles. The van der Waals surface area contributed by atoms with Gasteiger partial charge in [0, 0.05) is 11.2 Å². The normalized spacial score (nSPS) is 25.3. The second kappa shape index (κ2) is 7.40. The van der Waals surface area contributed by atoms with Crippen LogP contribution in [0.3, 0.4) is 0 Å². The van der Waals surface area contributed by atoms with Crippen LogP contribution in [0.4, 0.5) is 5.69 Å². The molecular weight excluding hydrogens is 456 g/mol. The molecule has 0 bridgehead atoms. The molecule has 3 aliphatic rings. The SMILES string of the molecule is Cc1ccc(Cl)cc1N1C(=O)[C@@H]2[C@H](C1=O)[C@@H]1c3ccccc3C=CN1[C@H]2C(=O)c1cccs1. The van der Waals surface area contributed by atoms with Crippen molar-refractivity contribution in [1.29, 1.82) is 0 Å². The van der Waals surface area contributed by atoms with Crippen molar-refractivity contribution in [2.75, 3.05) is 4.90 Å². The van der Waals surface area contributed by atoms with Crippen LogP contribution in [0.15, 0.2) is 66.2 Å². The molecule has 7 heteroatoms. The van der Waals surface area contributed by atoms with Gasteiger partial charge in [0.1, 0.15) is 6.04 Å². The van der Waals surface area contributed by atoms with Crippen molar-refractivity contribution < 1.29 is 14.4 Å². The number of imide groups is 1. The van der Waals surface area contributed by atoms with E-state index in [0.717, 1.165) is 16.7 Å². The Labute approximate surface area is 199 Å². The zero-order valence-corrected chi connectivity index (χ0v) is 19.2. The van der Waals surface area contributed by atoms with Crippen LogP contribution in [-0.4, -0.2) is 28.5 Å². The summed E-state index contributed by atoms with van der Waals surface area (Å²) in [6.07, 6.45) is 3.83. The molecule has 2 amide bonds. The monoisotopic (exact) mass is 474 g/mol. The van der Waals surface area contributed by atoms with E-state index in [9.17, 15) is 14.4 Å². The van der Waals surface area contributed by atoms with E-state index in [0.29, 0.717) is 15.6 Å². The van der Waals surface area contributed by atoms with E-state index in [-0.39, 0.29) is 23.6 Å². The number of thiophene rings is 1. The number of nitrogens with zero attached hydrogens (tertiary/aromatic N) is 2. The van der Waals surface area contributed by atoms with Crippen molar-refractivity contribution in [3.63, 3.8) is 0 Å². The summed E-state index contributed by atoms with van der Waals surface area (Å²) in [7, 11) is 0. The van der Waals surface area contributed by atoms with Gasteiger partial charge in [-0.05, 0) is 53.3 Å². The largest absolute Gasteiger partial charge is 0.358 e. The lowest BCUT2D eigenvalue weighted by Crippen LogP contribution is -2.44.